The van der Waals surface area contributed by atoms with Gasteiger partial charge in [0.25, 0.3) is 0 Å². The third-order valence-electron chi connectivity index (χ3n) is 5.66. The van der Waals surface area contributed by atoms with Crippen LogP contribution in [0, 0.1) is 11.7 Å². The molecule has 0 spiro atoms. The Labute approximate surface area is 175 Å². The smallest absolute Gasteiger partial charge is 0.230 e. The second-order valence-electron chi connectivity index (χ2n) is 7.86. The zero-order valence-electron chi connectivity index (χ0n) is 17.2. The number of hydrogen-bond acceptors (Lipinski definition) is 5. The fourth-order valence-corrected chi connectivity index (χ4v) is 3.99. The van der Waals surface area contributed by atoms with E-state index in [0.717, 1.165) is 42.5 Å². The Balaban J connectivity index is 1.85. The van der Waals surface area contributed by atoms with E-state index in [1.165, 1.54) is 12.1 Å². The van der Waals surface area contributed by atoms with Crippen LogP contribution >= 0.6 is 0 Å². The summed E-state index contributed by atoms with van der Waals surface area (Å²) in [5.41, 5.74) is 5.86. The predicted molar refractivity (Wildman–Crippen MR) is 115 cm³/mol. The lowest BCUT2D eigenvalue weighted by molar-refractivity contribution is -0.120. The van der Waals surface area contributed by atoms with E-state index in [-0.39, 0.29) is 23.7 Å². The Morgan fingerprint density at radius 2 is 2.07 bits per heavy atom. The molecule has 6 nitrogen and oxygen atoms in total. The molecule has 1 aliphatic heterocycles. The van der Waals surface area contributed by atoms with Crippen LogP contribution in [0.1, 0.15) is 37.3 Å². The average molecular weight is 410 g/mol. The number of nitrogens with zero attached hydrogens (tertiary/aromatic N) is 1. The third kappa shape index (κ3) is 3.85. The number of ether oxygens (including phenoxy) is 1. The van der Waals surface area contributed by atoms with Crippen molar-refractivity contribution >= 4 is 17.3 Å². The first kappa shape index (κ1) is 20.2. The molecule has 30 heavy (non-hydrogen) atoms. The van der Waals surface area contributed by atoms with E-state index in [1.807, 2.05) is 17.0 Å². The van der Waals surface area contributed by atoms with Crippen LogP contribution in [0.4, 0.5) is 10.1 Å². The number of carbonyl (C=O) groups excluding carboxylic acids is 1. The van der Waals surface area contributed by atoms with Crippen LogP contribution in [-0.4, -0.2) is 19.0 Å². The molecule has 158 valence electrons. The minimum absolute atomic E-state index is 0.121. The lowest BCUT2D eigenvalue weighted by atomic mass is 9.92. The zero-order chi connectivity index (χ0) is 21.3. The van der Waals surface area contributed by atoms with E-state index in [1.54, 1.807) is 25.4 Å². The summed E-state index contributed by atoms with van der Waals surface area (Å²) >= 11 is 0. The highest BCUT2D eigenvalue weighted by molar-refractivity contribution is 5.99. The number of anilines is 1. The Morgan fingerprint density at radius 1 is 1.27 bits per heavy atom. The highest BCUT2D eigenvalue weighted by atomic mass is 19.1. The molecule has 1 heterocycles. The van der Waals surface area contributed by atoms with Gasteiger partial charge in [0.1, 0.15) is 17.3 Å². The molecule has 1 saturated carbocycles. The fraction of sp³-hybridized carbons (Fsp3) is 0.348. The fourth-order valence-electron chi connectivity index (χ4n) is 3.99. The first-order valence-electron chi connectivity index (χ1n) is 10.3. The quantitative estimate of drug-likeness (QED) is 0.500. The number of fused-ring (bicyclic) bond motifs is 1. The maximum absolute atomic E-state index is 13.8. The van der Waals surface area contributed by atoms with Gasteiger partial charge in [0, 0.05) is 42.4 Å². The van der Waals surface area contributed by atoms with Crippen molar-refractivity contribution in [1.29, 1.82) is 0 Å². The summed E-state index contributed by atoms with van der Waals surface area (Å²) in [4.78, 5) is 14.9. The Morgan fingerprint density at radius 3 is 2.73 bits per heavy atom. The van der Waals surface area contributed by atoms with Gasteiger partial charge in [-0.15, -0.1) is 0 Å². The van der Waals surface area contributed by atoms with E-state index in [4.69, 9.17) is 10.6 Å². The summed E-state index contributed by atoms with van der Waals surface area (Å²) in [6.45, 7) is 2.08. The van der Waals surface area contributed by atoms with Gasteiger partial charge < -0.3 is 20.4 Å². The van der Waals surface area contributed by atoms with Gasteiger partial charge in [-0.3, -0.25) is 10.6 Å². The molecule has 2 aliphatic rings. The van der Waals surface area contributed by atoms with E-state index < -0.39 is 0 Å². The molecular formula is C23H27FN4O2. The average Bonchev–Trinajstić information content (AvgIpc) is 3.57. The van der Waals surface area contributed by atoms with E-state index >= 15 is 0 Å². The molecule has 1 aliphatic carbocycles. The van der Waals surface area contributed by atoms with Crippen LogP contribution in [0.3, 0.4) is 0 Å². The highest BCUT2D eigenvalue weighted by Gasteiger charge is 2.39. The van der Waals surface area contributed by atoms with Gasteiger partial charge in [0.15, 0.2) is 0 Å². The van der Waals surface area contributed by atoms with Crippen molar-refractivity contribution in [2.45, 2.75) is 38.6 Å². The second kappa shape index (κ2) is 8.36. The first-order chi connectivity index (χ1) is 14.5. The molecule has 2 aromatic carbocycles. The summed E-state index contributed by atoms with van der Waals surface area (Å²) in [7, 11) is 1.78. The highest BCUT2D eigenvalue weighted by Crippen LogP contribution is 2.44. The monoisotopic (exact) mass is 410 g/mol. The Kier molecular flexibility index (Phi) is 5.63. The lowest BCUT2D eigenvalue weighted by Crippen LogP contribution is -2.43. The number of nitrogens with one attached hydrogen (secondary N) is 2. The largest absolute Gasteiger partial charge is 0.456 e. The van der Waals surface area contributed by atoms with Gasteiger partial charge in [0.05, 0.1) is 11.4 Å². The van der Waals surface area contributed by atoms with Gasteiger partial charge >= 0.3 is 0 Å². The van der Waals surface area contributed by atoms with Crippen molar-refractivity contribution < 1.29 is 13.9 Å². The third-order valence-corrected chi connectivity index (χ3v) is 5.66. The minimum Gasteiger partial charge on any atom is -0.456 e. The molecular weight excluding hydrogens is 383 g/mol. The number of hydrazine groups is 1. The number of carbonyl (C=O) groups is 1. The van der Waals surface area contributed by atoms with Gasteiger partial charge in [-0.25, -0.2) is 4.39 Å². The van der Waals surface area contributed by atoms with Crippen LogP contribution in [0.25, 0.3) is 5.70 Å². The molecule has 7 heteroatoms. The van der Waals surface area contributed by atoms with Crippen molar-refractivity contribution in [3.8, 4) is 11.5 Å². The zero-order valence-corrected chi connectivity index (χ0v) is 17.2. The SMILES string of the molecule is CN/C=C(\NN)c1ccc2c(c1Oc1cccc(F)c1)CC[C@H](C)N2C(=O)C1CC1. The molecule has 2 aromatic rings. The molecule has 0 aromatic heterocycles. The van der Waals surface area contributed by atoms with E-state index in [0.29, 0.717) is 17.2 Å². The van der Waals surface area contributed by atoms with E-state index in [9.17, 15) is 9.18 Å². The molecule has 0 unspecified atom stereocenters. The predicted octanol–water partition coefficient (Wildman–Crippen LogP) is 3.68. The molecule has 0 radical (unpaired) electrons. The summed E-state index contributed by atoms with van der Waals surface area (Å²) in [6, 6.07) is 10.0. The Bertz CT molecular complexity index is 987. The molecule has 4 N–H and O–H groups in total. The molecule has 0 saturated heterocycles. The number of hydrogen-bond donors (Lipinski definition) is 3. The molecule has 1 amide bonds. The van der Waals surface area contributed by atoms with E-state index in [2.05, 4.69) is 17.7 Å². The van der Waals surface area contributed by atoms with Crippen LogP contribution in [0.15, 0.2) is 42.6 Å². The topological polar surface area (TPSA) is 79.6 Å². The number of rotatable bonds is 6. The molecule has 4 rings (SSSR count). The lowest BCUT2D eigenvalue weighted by Gasteiger charge is -2.37. The molecule has 1 atom stereocenters. The summed E-state index contributed by atoms with van der Waals surface area (Å²) < 4.78 is 20.0. The standard InChI is InChI=1S/C23H27FN4O2/c1-14-6-9-19-21(28(14)23(29)15-7-8-15)11-10-18(20(27-25)13-26-2)22(19)30-17-5-3-4-16(24)12-17/h3-5,10-15,26-27H,6-9,25H2,1-2H3/b20-13-/t14-/m0/s1. The van der Waals surface area contributed by atoms with Crippen molar-refractivity contribution in [2.75, 3.05) is 11.9 Å². The number of nitrogens with two attached hydrogens (primary N) is 1. The van der Waals surface area contributed by atoms with Gasteiger partial charge in [-0.1, -0.05) is 6.07 Å². The number of halogens is 1. The van der Waals surface area contributed by atoms with Gasteiger partial charge in [0.2, 0.25) is 5.91 Å². The van der Waals surface area contributed by atoms with Crippen LogP contribution in [-0.2, 0) is 11.2 Å². The van der Waals surface area contributed by atoms with Crippen molar-refractivity contribution in [3.63, 3.8) is 0 Å². The second-order valence-corrected chi connectivity index (χ2v) is 7.86. The van der Waals surface area contributed by atoms with Crippen LogP contribution in [0.2, 0.25) is 0 Å². The summed E-state index contributed by atoms with van der Waals surface area (Å²) in [5, 5.41) is 2.97. The molecule has 0 bridgehead atoms. The first-order valence-corrected chi connectivity index (χ1v) is 10.3. The summed E-state index contributed by atoms with van der Waals surface area (Å²) in [5.74, 6) is 6.66. The van der Waals surface area contributed by atoms with Crippen LogP contribution in [0.5, 0.6) is 11.5 Å². The number of amides is 1. The Hall–Kier alpha value is -3.06. The van der Waals surface area contributed by atoms with Gasteiger partial charge in [-0.05, 0) is 56.9 Å². The maximum atomic E-state index is 13.8. The maximum Gasteiger partial charge on any atom is 0.230 e. The van der Waals surface area contributed by atoms with Gasteiger partial charge in [-0.2, -0.15) is 0 Å². The number of benzene rings is 2. The van der Waals surface area contributed by atoms with Crippen molar-refractivity contribution in [3.05, 3.63) is 59.5 Å². The summed E-state index contributed by atoms with van der Waals surface area (Å²) in [6.07, 6.45) is 5.22. The van der Waals surface area contributed by atoms with Crippen molar-refractivity contribution in [2.24, 2.45) is 11.8 Å². The van der Waals surface area contributed by atoms with Crippen LogP contribution < -0.4 is 26.2 Å². The molecule has 1 fully saturated rings. The normalized spacial score (nSPS) is 18.6. The minimum atomic E-state index is -0.374. The van der Waals surface area contributed by atoms with Crippen molar-refractivity contribution in [1.82, 2.24) is 10.7 Å².